The maximum atomic E-state index is 3.59. The lowest BCUT2D eigenvalue weighted by atomic mass is 9.98. The van der Waals surface area contributed by atoms with Gasteiger partial charge >= 0.3 is 0 Å². The number of hydrogen-bond donors (Lipinski definition) is 1. The lowest BCUT2D eigenvalue weighted by Crippen LogP contribution is -1.94. The fraction of sp³-hybridized carbons (Fsp3) is 0. The van der Waals surface area contributed by atoms with Crippen LogP contribution in [0.25, 0.3) is 121 Å². The molecule has 0 amide bonds. The second kappa shape index (κ2) is 14.1. The first-order valence-electron chi connectivity index (χ1n) is 21.7. The van der Waals surface area contributed by atoms with Crippen LogP contribution >= 0.6 is 0 Å². The fourth-order valence-electron chi connectivity index (χ4n) is 10.0. The minimum atomic E-state index is 1.14. The molecule has 63 heavy (non-hydrogen) atoms. The van der Waals surface area contributed by atoms with E-state index in [0.29, 0.717) is 0 Å². The van der Waals surface area contributed by atoms with Gasteiger partial charge in [-0.15, -0.1) is 0 Å². The van der Waals surface area contributed by atoms with E-state index in [2.05, 4.69) is 245 Å². The highest BCUT2D eigenvalue weighted by atomic mass is 15.0. The Morgan fingerprint density at radius 3 is 1.13 bits per heavy atom. The summed E-state index contributed by atoms with van der Waals surface area (Å²) in [5.41, 5.74) is 19.0. The SMILES string of the molecule is c1ccc(-c2ccc3c(c2)c2cc(-c4ccc5c(c4)c4cc(-c6ccccc6)ccc4n5-c4cccc(-c5ccc6[nH]c7ccccc7c6c5)c4)ccc2n3-c2ccccc2)cc1. The van der Waals surface area contributed by atoms with Crippen LogP contribution in [0, 0.1) is 0 Å². The van der Waals surface area contributed by atoms with Crippen molar-refractivity contribution in [1.29, 1.82) is 0 Å². The molecule has 0 spiro atoms. The van der Waals surface area contributed by atoms with Crippen molar-refractivity contribution in [2.45, 2.75) is 0 Å². The maximum absolute atomic E-state index is 3.59. The van der Waals surface area contributed by atoms with E-state index in [-0.39, 0.29) is 0 Å². The van der Waals surface area contributed by atoms with Crippen LogP contribution in [-0.4, -0.2) is 14.1 Å². The molecule has 0 bridgehead atoms. The van der Waals surface area contributed by atoms with Crippen molar-refractivity contribution in [3.63, 3.8) is 0 Å². The normalized spacial score (nSPS) is 11.8. The van der Waals surface area contributed by atoms with Crippen molar-refractivity contribution in [2.24, 2.45) is 0 Å². The molecule has 3 heterocycles. The summed E-state index contributed by atoms with van der Waals surface area (Å²) in [5.74, 6) is 0. The second-order valence-electron chi connectivity index (χ2n) is 16.6. The largest absolute Gasteiger partial charge is 0.355 e. The molecule has 0 aliphatic rings. The van der Waals surface area contributed by atoms with Crippen molar-refractivity contribution in [3.8, 4) is 55.9 Å². The lowest BCUT2D eigenvalue weighted by molar-refractivity contribution is 1.18. The van der Waals surface area contributed by atoms with E-state index < -0.39 is 0 Å². The van der Waals surface area contributed by atoms with Gasteiger partial charge in [-0.1, -0.05) is 140 Å². The number of para-hydroxylation sites is 2. The van der Waals surface area contributed by atoms with Gasteiger partial charge in [-0.2, -0.15) is 0 Å². The predicted octanol–water partition coefficient (Wildman–Crippen LogP) is 16.2. The molecule has 3 aromatic heterocycles. The molecule has 0 atom stereocenters. The zero-order chi connectivity index (χ0) is 41.4. The van der Waals surface area contributed by atoms with Crippen molar-refractivity contribution >= 4 is 65.4 Å². The quantitative estimate of drug-likeness (QED) is 0.173. The molecule has 3 heteroatoms. The molecule has 1 N–H and O–H groups in total. The van der Waals surface area contributed by atoms with Gasteiger partial charge in [-0.25, -0.2) is 0 Å². The van der Waals surface area contributed by atoms with Gasteiger partial charge in [0.2, 0.25) is 0 Å². The van der Waals surface area contributed by atoms with Gasteiger partial charge < -0.3 is 14.1 Å². The molecule has 0 aliphatic heterocycles. The summed E-state index contributed by atoms with van der Waals surface area (Å²) in [6.07, 6.45) is 0. The molecule has 0 fully saturated rings. The summed E-state index contributed by atoms with van der Waals surface area (Å²) in [6, 6.07) is 84.3. The van der Waals surface area contributed by atoms with E-state index in [1.165, 1.54) is 98.9 Å². The fourth-order valence-corrected chi connectivity index (χ4v) is 10.0. The Morgan fingerprint density at radius 2 is 0.587 bits per heavy atom. The molecule has 13 aromatic rings. The van der Waals surface area contributed by atoms with Crippen molar-refractivity contribution in [2.75, 3.05) is 0 Å². The topological polar surface area (TPSA) is 25.6 Å². The summed E-state index contributed by atoms with van der Waals surface area (Å²) < 4.78 is 4.84. The van der Waals surface area contributed by atoms with Crippen LogP contribution in [0.5, 0.6) is 0 Å². The average molecular weight is 802 g/mol. The minimum Gasteiger partial charge on any atom is -0.355 e. The maximum Gasteiger partial charge on any atom is 0.0541 e. The molecule has 294 valence electrons. The number of aromatic amines is 1. The number of rotatable bonds is 6. The Hall–Kier alpha value is -8.40. The number of benzene rings is 10. The van der Waals surface area contributed by atoms with Crippen LogP contribution in [0.2, 0.25) is 0 Å². The lowest BCUT2D eigenvalue weighted by Gasteiger charge is -2.11. The third-order valence-corrected chi connectivity index (χ3v) is 13.0. The number of H-pyrrole nitrogens is 1. The number of hydrogen-bond acceptors (Lipinski definition) is 0. The van der Waals surface area contributed by atoms with Gasteiger partial charge in [0.15, 0.2) is 0 Å². The van der Waals surface area contributed by atoms with E-state index >= 15 is 0 Å². The standard InChI is InChI=1S/C60H39N3/c1-4-13-39(14-5-1)42-24-29-57-51(35-42)53-37-45(26-31-58(53)62(57)47-18-8-3-9-19-47)46-27-32-60-54(38-46)52-36-43(40-15-6-2-7-16-40)25-30-59(52)63(60)48-20-12-17-41(33-48)44-23-28-56-50(34-44)49-21-10-11-22-55(49)61-56/h1-38,61H. The van der Waals surface area contributed by atoms with Gasteiger partial charge in [-0.05, 0) is 136 Å². The average Bonchev–Trinajstić information content (AvgIpc) is 4.01. The minimum absolute atomic E-state index is 1.14. The summed E-state index contributed by atoms with van der Waals surface area (Å²) in [4.78, 5) is 3.59. The molecule has 0 saturated heterocycles. The van der Waals surface area contributed by atoms with Crippen molar-refractivity contribution < 1.29 is 0 Å². The molecule has 0 radical (unpaired) electrons. The molecule has 0 aliphatic carbocycles. The first kappa shape index (κ1) is 35.4. The molecular formula is C60H39N3. The highest BCUT2D eigenvalue weighted by molar-refractivity contribution is 6.14. The van der Waals surface area contributed by atoms with Crippen LogP contribution in [0.3, 0.4) is 0 Å². The van der Waals surface area contributed by atoms with Crippen molar-refractivity contribution in [1.82, 2.24) is 14.1 Å². The van der Waals surface area contributed by atoms with Gasteiger partial charge in [0.1, 0.15) is 0 Å². The van der Waals surface area contributed by atoms with E-state index in [4.69, 9.17) is 0 Å². The zero-order valence-electron chi connectivity index (χ0n) is 34.3. The van der Waals surface area contributed by atoms with E-state index in [1.807, 2.05) is 0 Å². The molecule has 0 unspecified atom stereocenters. The summed E-state index contributed by atoms with van der Waals surface area (Å²) in [7, 11) is 0. The summed E-state index contributed by atoms with van der Waals surface area (Å²) >= 11 is 0. The van der Waals surface area contributed by atoms with Gasteiger partial charge in [-0.3, -0.25) is 0 Å². The van der Waals surface area contributed by atoms with E-state index in [9.17, 15) is 0 Å². The number of nitrogens with zero attached hydrogens (tertiary/aromatic N) is 2. The number of nitrogens with one attached hydrogen (secondary N) is 1. The van der Waals surface area contributed by atoms with Crippen LogP contribution in [0.15, 0.2) is 231 Å². The number of fused-ring (bicyclic) bond motifs is 9. The molecular weight excluding hydrogens is 763 g/mol. The summed E-state index contributed by atoms with van der Waals surface area (Å²) in [5, 5.41) is 7.42. The Labute approximate surface area is 364 Å². The third-order valence-electron chi connectivity index (χ3n) is 13.0. The highest BCUT2D eigenvalue weighted by Crippen LogP contribution is 2.41. The smallest absolute Gasteiger partial charge is 0.0541 e. The van der Waals surface area contributed by atoms with Crippen LogP contribution in [0.4, 0.5) is 0 Å². The molecule has 0 saturated carbocycles. The summed E-state index contributed by atoms with van der Waals surface area (Å²) in [6.45, 7) is 0. The molecule has 3 nitrogen and oxygen atoms in total. The van der Waals surface area contributed by atoms with Crippen LogP contribution in [-0.2, 0) is 0 Å². The first-order valence-corrected chi connectivity index (χ1v) is 21.7. The Morgan fingerprint density at radius 1 is 0.222 bits per heavy atom. The van der Waals surface area contributed by atoms with E-state index in [1.54, 1.807) is 0 Å². The Balaban J connectivity index is 0.996. The van der Waals surface area contributed by atoms with Gasteiger partial charge in [0, 0.05) is 54.7 Å². The Bertz CT molecular complexity index is 3890. The van der Waals surface area contributed by atoms with Gasteiger partial charge in [0.25, 0.3) is 0 Å². The number of aromatic nitrogens is 3. The Kier molecular flexibility index (Phi) is 7.91. The highest BCUT2D eigenvalue weighted by Gasteiger charge is 2.18. The van der Waals surface area contributed by atoms with Crippen LogP contribution < -0.4 is 0 Å². The predicted molar refractivity (Wildman–Crippen MR) is 266 cm³/mol. The van der Waals surface area contributed by atoms with Crippen LogP contribution in [0.1, 0.15) is 0 Å². The monoisotopic (exact) mass is 801 g/mol. The van der Waals surface area contributed by atoms with E-state index in [0.717, 1.165) is 22.4 Å². The molecule has 10 aromatic carbocycles. The van der Waals surface area contributed by atoms with Gasteiger partial charge in [0.05, 0.1) is 22.1 Å². The first-order chi connectivity index (χ1) is 31.2. The third kappa shape index (κ3) is 5.75. The second-order valence-corrected chi connectivity index (χ2v) is 16.6. The van der Waals surface area contributed by atoms with Crippen molar-refractivity contribution in [3.05, 3.63) is 231 Å². The molecule has 13 rings (SSSR count). The zero-order valence-corrected chi connectivity index (χ0v) is 34.3.